The van der Waals surface area contributed by atoms with Crippen LogP contribution in [0.3, 0.4) is 0 Å². The number of thiophene rings is 1. The molecule has 0 fully saturated rings. The van der Waals surface area contributed by atoms with Gasteiger partial charge < -0.3 is 5.11 Å². The van der Waals surface area contributed by atoms with E-state index in [4.69, 9.17) is 0 Å². The number of phenolic OH excluding ortho intramolecular Hbond substituents is 1. The van der Waals surface area contributed by atoms with Crippen molar-refractivity contribution < 1.29 is 5.11 Å². The SMILES string of the molecule is CC(C)(C)[C@@H]1CCc2c(sc(N=Cc3ccc(O)cc3)c2C#N)C1. The van der Waals surface area contributed by atoms with Gasteiger partial charge in [-0.05, 0) is 66.0 Å². The number of aliphatic imine (C=N–C) groups is 1. The lowest BCUT2D eigenvalue weighted by molar-refractivity contribution is 0.218. The molecule has 4 heteroatoms. The van der Waals surface area contributed by atoms with Gasteiger partial charge in [-0.1, -0.05) is 20.8 Å². The average molecular weight is 338 g/mol. The van der Waals surface area contributed by atoms with Crippen molar-refractivity contribution in [2.24, 2.45) is 16.3 Å². The van der Waals surface area contributed by atoms with Gasteiger partial charge in [0.25, 0.3) is 0 Å². The molecule has 1 N–H and O–H groups in total. The van der Waals surface area contributed by atoms with Crippen LogP contribution >= 0.6 is 11.3 Å². The summed E-state index contributed by atoms with van der Waals surface area (Å²) in [5.41, 5.74) is 3.16. The second kappa shape index (κ2) is 6.41. The zero-order valence-electron chi connectivity index (χ0n) is 14.3. The van der Waals surface area contributed by atoms with Crippen LogP contribution in [0.15, 0.2) is 29.3 Å². The zero-order chi connectivity index (χ0) is 17.3. The molecule has 0 unspecified atom stereocenters. The van der Waals surface area contributed by atoms with Gasteiger partial charge >= 0.3 is 0 Å². The maximum atomic E-state index is 9.57. The van der Waals surface area contributed by atoms with Gasteiger partial charge in [-0.2, -0.15) is 5.26 Å². The standard InChI is InChI=1S/C20H22N2OS/c1-20(2,3)14-6-9-16-17(11-21)19(24-18(16)10-14)22-12-13-4-7-15(23)8-5-13/h4-5,7-8,12,14,23H,6,9-10H2,1-3H3/t14-/m1/s1. The van der Waals surface area contributed by atoms with E-state index in [2.05, 4.69) is 31.8 Å². The molecule has 0 spiro atoms. The summed E-state index contributed by atoms with van der Waals surface area (Å²) in [7, 11) is 0. The number of rotatable bonds is 2. The Morgan fingerprint density at radius 3 is 2.62 bits per heavy atom. The topological polar surface area (TPSA) is 56.4 Å². The van der Waals surface area contributed by atoms with E-state index < -0.39 is 0 Å². The van der Waals surface area contributed by atoms with E-state index in [9.17, 15) is 10.4 Å². The smallest absolute Gasteiger partial charge is 0.134 e. The number of fused-ring (bicyclic) bond motifs is 1. The molecule has 0 bridgehead atoms. The molecular formula is C20H22N2OS. The lowest BCUT2D eigenvalue weighted by Crippen LogP contribution is -2.26. The molecule has 0 saturated heterocycles. The number of hydrogen-bond acceptors (Lipinski definition) is 4. The molecule has 0 radical (unpaired) electrons. The van der Waals surface area contributed by atoms with E-state index in [0.29, 0.717) is 11.3 Å². The number of phenols is 1. The lowest BCUT2D eigenvalue weighted by atomic mass is 9.72. The first kappa shape index (κ1) is 16.7. The van der Waals surface area contributed by atoms with Crippen LogP contribution in [0, 0.1) is 22.7 Å². The highest BCUT2D eigenvalue weighted by atomic mass is 32.1. The Labute approximate surface area is 147 Å². The van der Waals surface area contributed by atoms with Gasteiger partial charge in [0.05, 0.1) is 5.56 Å². The van der Waals surface area contributed by atoms with Gasteiger partial charge in [0, 0.05) is 11.1 Å². The van der Waals surface area contributed by atoms with Crippen LogP contribution < -0.4 is 0 Å². The van der Waals surface area contributed by atoms with Gasteiger partial charge in [-0.25, -0.2) is 4.99 Å². The molecule has 1 atom stereocenters. The minimum atomic E-state index is 0.240. The number of hydrogen-bond donors (Lipinski definition) is 1. The molecule has 0 saturated carbocycles. The number of benzene rings is 1. The summed E-state index contributed by atoms with van der Waals surface area (Å²) < 4.78 is 0. The summed E-state index contributed by atoms with van der Waals surface area (Å²) >= 11 is 1.66. The molecule has 124 valence electrons. The van der Waals surface area contributed by atoms with Crippen LogP contribution in [0.5, 0.6) is 5.75 Å². The normalized spacial score (nSPS) is 17.7. The van der Waals surface area contributed by atoms with Crippen molar-refractivity contribution in [1.29, 1.82) is 5.26 Å². The molecule has 3 nitrogen and oxygen atoms in total. The maximum absolute atomic E-state index is 9.57. The second-order valence-electron chi connectivity index (χ2n) is 7.45. The van der Waals surface area contributed by atoms with Crippen LogP contribution in [-0.4, -0.2) is 11.3 Å². The first-order valence-corrected chi connectivity index (χ1v) is 9.08. The van der Waals surface area contributed by atoms with Crippen molar-refractivity contribution >= 4 is 22.6 Å². The van der Waals surface area contributed by atoms with Crippen molar-refractivity contribution in [2.75, 3.05) is 0 Å². The molecule has 1 aromatic heterocycles. The third kappa shape index (κ3) is 3.37. The van der Waals surface area contributed by atoms with Gasteiger partial charge in [0.2, 0.25) is 0 Å². The molecule has 24 heavy (non-hydrogen) atoms. The summed E-state index contributed by atoms with van der Waals surface area (Å²) in [4.78, 5) is 5.89. The monoisotopic (exact) mass is 338 g/mol. The van der Waals surface area contributed by atoms with E-state index in [1.54, 1.807) is 29.7 Å². The van der Waals surface area contributed by atoms with E-state index in [-0.39, 0.29) is 5.75 Å². The predicted octanol–water partition coefficient (Wildman–Crippen LogP) is 5.23. The number of nitriles is 1. The van der Waals surface area contributed by atoms with E-state index in [0.717, 1.165) is 35.4 Å². The highest BCUT2D eigenvalue weighted by Gasteiger charge is 2.32. The highest BCUT2D eigenvalue weighted by molar-refractivity contribution is 7.16. The van der Waals surface area contributed by atoms with Gasteiger partial charge in [0.1, 0.15) is 16.8 Å². The molecular weight excluding hydrogens is 316 g/mol. The third-order valence-electron chi connectivity index (χ3n) is 4.81. The van der Waals surface area contributed by atoms with Crippen LogP contribution in [-0.2, 0) is 12.8 Å². The summed E-state index contributed by atoms with van der Waals surface area (Å²) in [6.07, 6.45) is 4.93. The Balaban J connectivity index is 1.89. The second-order valence-corrected chi connectivity index (χ2v) is 8.53. The first-order valence-electron chi connectivity index (χ1n) is 8.26. The maximum Gasteiger partial charge on any atom is 0.134 e. The Morgan fingerprint density at radius 1 is 1.29 bits per heavy atom. The van der Waals surface area contributed by atoms with Gasteiger partial charge in [0.15, 0.2) is 0 Å². The quantitative estimate of drug-likeness (QED) is 0.763. The first-order chi connectivity index (χ1) is 11.4. The van der Waals surface area contributed by atoms with Crippen molar-refractivity contribution in [2.45, 2.75) is 40.0 Å². The van der Waals surface area contributed by atoms with Crippen LogP contribution in [0.25, 0.3) is 0 Å². The molecule has 2 aromatic rings. The summed E-state index contributed by atoms with van der Waals surface area (Å²) in [5.74, 6) is 0.897. The lowest BCUT2D eigenvalue weighted by Gasteiger charge is -2.33. The van der Waals surface area contributed by atoms with Crippen molar-refractivity contribution in [3.8, 4) is 11.8 Å². The van der Waals surface area contributed by atoms with Crippen LogP contribution in [0.1, 0.15) is 48.8 Å². The molecule has 1 heterocycles. The summed E-state index contributed by atoms with van der Waals surface area (Å²) in [5, 5.41) is 19.7. The van der Waals surface area contributed by atoms with Crippen LogP contribution in [0.4, 0.5) is 5.00 Å². The van der Waals surface area contributed by atoms with Gasteiger partial charge in [-0.15, -0.1) is 11.3 Å². The summed E-state index contributed by atoms with van der Waals surface area (Å²) in [6.45, 7) is 6.89. The van der Waals surface area contributed by atoms with Crippen molar-refractivity contribution in [3.05, 3.63) is 45.8 Å². The predicted molar refractivity (Wildman–Crippen MR) is 99.4 cm³/mol. The van der Waals surface area contributed by atoms with E-state index in [1.807, 2.05) is 12.1 Å². The Bertz CT molecular complexity index is 804. The fourth-order valence-electron chi connectivity index (χ4n) is 3.21. The number of aromatic hydroxyl groups is 1. The summed E-state index contributed by atoms with van der Waals surface area (Å²) in [6, 6.07) is 9.26. The number of nitrogens with zero attached hydrogens (tertiary/aromatic N) is 2. The highest BCUT2D eigenvalue weighted by Crippen LogP contribution is 2.44. The molecule has 1 aromatic carbocycles. The average Bonchev–Trinajstić information content (AvgIpc) is 2.90. The van der Waals surface area contributed by atoms with Crippen molar-refractivity contribution in [1.82, 2.24) is 0 Å². The van der Waals surface area contributed by atoms with E-state index in [1.165, 1.54) is 10.4 Å². The Morgan fingerprint density at radius 2 is 2.00 bits per heavy atom. The van der Waals surface area contributed by atoms with Gasteiger partial charge in [-0.3, -0.25) is 0 Å². The Hall–Kier alpha value is -2.12. The minimum Gasteiger partial charge on any atom is -0.508 e. The molecule has 1 aliphatic carbocycles. The molecule has 3 rings (SSSR count). The largest absolute Gasteiger partial charge is 0.508 e. The minimum absolute atomic E-state index is 0.240. The van der Waals surface area contributed by atoms with Crippen molar-refractivity contribution in [3.63, 3.8) is 0 Å². The third-order valence-corrected chi connectivity index (χ3v) is 5.97. The fraction of sp³-hybridized carbons (Fsp3) is 0.400. The zero-order valence-corrected chi connectivity index (χ0v) is 15.2. The van der Waals surface area contributed by atoms with E-state index >= 15 is 0 Å². The molecule has 0 aliphatic heterocycles. The van der Waals surface area contributed by atoms with Crippen LogP contribution in [0.2, 0.25) is 0 Å². The molecule has 1 aliphatic rings. The fourth-order valence-corrected chi connectivity index (χ4v) is 4.43. The molecule has 0 amide bonds. The Kier molecular flexibility index (Phi) is 4.47.